The minimum absolute atomic E-state index is 0.00744. The third kappa shape index (κ3) is 2.80. The molecule has 5 heteroatoms. The number of alkyl halides is 1. The lowest BCUT2D eigenvalue weighted by atomic mass is 10.2. The quantitative estimate of drug-likeness (QED) is 0.772. The number of aromatic nitrogens is 2. The molecule has 0 amide bonds. The van der Waals surface area contributed by atoms with Gasteiger partial charge in [-0.1, -0.05) is 13.8 Å². The summed E-state index contributed by atoms with van der Waals surface area (Å²) in [6.45, 7) is 6.46. The van der Waals surface area contributed by atoms with Gasteiger partial charge in [0, 0.05) is 32.0 Å². The van der Waals surface area contributed by atoms with E-state index >= 15 is 0 Å². The second-order valence-electron chi connectivity index (χ2n) is 4.93. The second kappa shape index (κ2) is 5.08. The summed E-state index contributed by atoms with van der Waals surface area (Å²) in [6.07, 6.45) is 4.36. The first kappa shape index (κ1) is 12.4. The highest BCUT2D eigenvalue weighted by molar-refractivity contribution is 6.21. The minimum atomic E-state index is -0.00744. The van der Waals surface area contributed by atoms with Crippen molar-refractivity contribution in [1.82, 2.24) is 9.55 Å². The lowest BCUT2D eigenvalue weighted by Crippen LogP contribution is -2.32. The molecule has 0 aliphatic carbocycles. The summed E-state index contributed by atoms with van der Waals surface area (Å²) in [4.78, 5) is 18.4. The molecule has 0 spiro atoms. The first-order valence-corrected chi connectivity index (χ1v) is 6.46. The SMILES string of the molecule is CC(C)Cn1ccnc(N2CCC(Cl)C2)c1=O. The van der Waals surface area contributed by atoms with Gasteiger partial charge in [0.1, 0.15) is 0 Å². The van der Waals surface area contributed by atoms with Crippen LogP contribution < -0.4 is 10.5 Å². The Morgan fingerprint density at radius 3 is 2.94 bits per heavy atom. The van der Waals surface area contributed by atoms with Gasteiger partial charge in [0.25, 0.3) is 5.56 Å². The molecule has 1 saturated heterocycles. The van der Waals surface area contributed by atoms with E-state index in [1.54, 1.807) is 17.0 Å². The molecule has 1 atom stereocenters. The van der Waals surface area contributed by atoms with Crippen LogP contribution in [-0.2, 0) is 6.54 Å². The summed E-state index contributed by atoms with van der Waals surface area (Å²) >= 11 is 6.05. The Morgan fingerprint density at radius 2 is 2.35 bits per heavy atom. The summed E-state index contributed by atoms with van der Waals surface area (Å²) in [5, 5.41) is 0.134. The molecule has 17 heavy (non-hydrogen) atoms. The molecule has 94 valence electrons. The van der Waals surface area contributed by atoms with E-state index in [2.05, 4.69) is 18.8 Å². The Morgan fingerprint density at radius 1 is 1.59 bits per heavy atom. The van der Waals surface area contributed by atoms with Crippen molar-refractivity contribution in [3.63, 3.8) is 0 Å². The molecular weight excluding hydrogens is 238 g/mol. The average molecular weight is 256 g/mol. The van der Waals surface area contributed by atoms with Gasteiger partial charge in [-0.25, -0.2) is 4.98 Å². The molecule has 2 heterocycles. The molecule has 0 aromatic carbocycles. The fourth-order valence-corrected chi connectivity index (χ4v) is 2.36. The first-order valence-electron chi connectivity index (χ1n) is 6.02. The van der Waals surface area contributed by atoms with Gasteiger partial charge >= 0.3 is 0 Å². The number of nitrogens with zero attached hydrogens (tertiary/aromatic N) is 3. The van der Waals surface area contributed by atoms with Crippen molar-refractivity contribution in [3.05, 3.63) is 22.7 Å². The maximum atomic E-state index is 12.2. The van der Waals surface area contributed by atoms with Crippen molar-refractivity contribution in [2.45, 2.75) is 32.2 Å². The van der Waals surface area contributed by atoms with Crippen molar-refractivity contribution in [2.24, 2.45) is 5.92 Å². The van der Waals surface area contributed by atoms with Crippen molar-refractivity contribution in [2.75, 3.05) is 18.0 Å². The highest BCUT2D eigenvalue weighted by atomic mass is 35.5. The van der Waals surface area contributed by atoms with Crippen molar-refractivity contribution in [3.8, 4) is 0 Å². The van der Waals surface area contributed by atoms with Gasteiger partial charge in [-0.3, -0.25) is 4.79 Å². The van der Waals surface area contributed by atoms with Crippen LogP contribution in [0.2, 0.25) is 0 Å². The number of hydrogen-bond donors (Lipinski definition) is 0. The molecule has 0 radical (unpaired) electrons. The van der Waals surface area contributed by atoms with Crippen LogP contribution in [0.5, 0.6) is 0 Å². The van der Waals surface area contributed by atoms with Crippen molar-refractivity contribution >= 4 is 17.4 Å². The first-order chi connectivity index (χ1) is 8.08. The van der Waals surface area contributed by atoms with Gasteiger partial charge in [0.15, 0.2) is 5.82 Å². The van der Waals surface area contributed by atoms with Crippen LogP contribution in [0.15, 0.2) is 17.2 Å². The van der Waals surface area contributed by atoms with E-state index in [1.165, 1.54) is 0 Å². The maximum absolute atomic E-state index is 12.2. The van der Waals surface area contributed by atoms with Gasteiger partial charge < -0.3 is 9.47 Å². The Labute approximate surface area is 106 Å². The Hall–Kier alpha value is -1.03. The highest BCUT2D eigenvalue weighted by Crippen LogP contribution is 2.18. The summed E-state index contributed by atoms with van der Waals surface area (Å²) in [5.41, 5.74) is -0.00744. The standard InChI is InChI=1S/C12H18ClN3O/c1-9(2)7-16-6-4-14-11(12(16)17)15-5-3-10(13)8-15/h4,6,9-10H,3,5,7-8H2,1-2H3. The molecule has 0 bridgehead atoms. The van der Waals surface area contributed by atoms with Gasteiger partial charge in [0.2, 0.25) is 0 Å². The van der Waals surface area contributed by atoms with Crippen LogP contribution in [0.1, 0.15) is 20.3 Å². The van der Waals surface area contributed by atoms with E-state index in [9.17, 15) is 4.79 Å². The molecule has 0 N–H and O–H groups in total. The summed E-state index contributed by atoms with van der Waals surface area (Å²) < 4.78 is 1.73. The van der Waals surface area contributed by atoms with E-state index in [4.69, 9.17) is 11.6 Å². The van der Waals surface area contributed by atoms with Gasteiger partial charge in [0.05, 0.1) is 5.38 Å². The summed E-state index contributed by atoms with van der Waals surface area (Å²) in [6, 6.07) is 0. The topological polar surface area (TPSA) is 38.1 Å². The fourth-order valence-electron chi connectivity index (χ4n) is 2.10. The van der Waals surface area contributed by atoms with Gasteiger partial charge in [-0.2, -0.15) is 0 Å². The minimum Gasteiger partial charge on any atom is -0.350 e. The zero-order valence-corrected chi connectivity index (χ0v) is 11.0. The fraction of sp³-hybridized carbons (Fsp3) is 0.667. The molecule has 1 unspecified atom stereocenters. The highest BCUT2D eigenvalue weighted by Gasteiger charge is 2.23. The zero-order valence-electron chi connectivity index (χ0n) is 10.3. The number of halogens is 1. The molecule has 1 fully saturated rings. The van der Waals surface area contributed by atoms with Gasteiger partial charge in [-0.15, -0.1) is 11.6 Å². The van der Waals surface area contributed by atoms with E-state index in [-0.39, 0.29) is 10.9 Å². The van der Waals surface area contributed by atoms with Crippen LogP contribution in [0.4, 0.5) is 5.82 Å². The zero-order chi connectivity index (χ0) is 12.4. The number of anilines is 1. The van der Waals surface area contributed by atoms with Crippen molar-refractivity contribution < 1.29 is 0 Å². The summed E-state index contributed by atoms with van der Waals surface area (Å²) in [5.74, 6) is 0.985. The third-order valence-electron chi connectivity index (χ3n) is 2.89. The number of hydrogen-bond acceptors (Lipinski definition) is 3. The Kier molecular flexibility index (Phi) is 3.72. The van der Waals surface area contributed by atoms with Crippen LogP contribution in [0.3, 0.4) is 0 Å². The van der Waals surface area contributed by atoms with E-state index in [1.807, 2.05) is 4.90 Å². The lowest BCUT2D eigenvalue weighted by molar-refractivity contribution is 0.508. The predicted octanol–water partition coefficient (Wildman–Crippen LogP) is 1.72. The Bertz CT molecular complexity index is 444. The predicted molar refractivity (Wildman–Crippen MR) is 69.8 cm³/mol. The molecule has 1 aliphatic heterocycles. The Balaban J connectivity index is 2.26. The van der Waals surface area contributed by atoms with Crippen molar-refractivity contribution in [1.29, 1.82) is 0 Å². The van der Waals surface area contributed by atoms with Crippen LogP contribution >= 0.6 is 11.6 Å². The van der Waals surface area contributed by atoms with Gasteiger partial charge in [-0.05, 0) is 12.3 Å². The largest absolute Gasteiger partial charge is 0.350 e. The lowest BCUT2D eigenvalue weighted by Gasteiger charge is -2.17. The molecular formula is C12H18ClN3O. The van der Waals surface area contributed by atoms with E-state index in [0.29, 0.717) is 11.7 Å². The maximum Gasteiger partial charge on any atom is 0.293 e. The normalized spacial score (nSPS) is 20.2. The molecule has 1 aromatic heterocycles. The average Bonchev–Trinajstić information content (AvgIpc) is 2.67. The van der Waals surface area contributed by atoms with Crippen LogP contribution in [0, 0.1) is 5.92 Å². The molecule has 4 nitrogen and oxygen atoms in total. The summed E-state index contributed by atoms with van der Waals surface area (Å²) in [7, 11) is 0. The molecule has 1 aromatic rings. The van der Waals surface area contributed by atoms with Crippen LogP contribution in [0.25, 0.3) is 0 Å². The van der Waals surface area contributed by atoms with E-state index < -0.39 is 0 Å². The van der Waals surface area contributed by atoms with Crippen LogP contribution in [-0.4, -0.2) is 28.0 Å². The molecule has 2 rings (SSSR count). The third-order valence-corrected chi connectivity index (χ3v) is 3.24. The van der Waals surface area contributed by atoms with E-state index in [0.717, 1.165) is 26.1 Å². The molecule has 1 aliphatic rings. The second-order valence-corrected chi connectivity index (χ2v) is 5.55. The monoisotopic (exact) mass is 255 g/mol. The molecule has 0 saturated carbocycles. The number of rotatable bonds is 3. The smallest absolute Gasteiger partial charge is 0.293 e.